The number of aryl methyl sites for hydroxylation is 3. The first-order valence-electron chi connectivity index (χ1n) is 10.5. The highest BCUT2D eigenvalue weighted by Gasteiger charge is 2.27. The normalized spacial score (nSPS) is 11.2. The summed E-state index contributed by atoms with van der Waals surface area (Å²) in [6.45, 7) is 5.98. The van der Waals surface area contributed by atoms with Crippen molar-refractivity contribution in [1.82, 2.24) is 5.32 Å². The van der Waals surface area contributed by atoms with Gasteiger partial charge in [-0.05, 0) is 80.4 Å². The second-order valence-electron chi connectivity index (χ2n) is 7.82. The minimum atomic E-state index is -3.96. The van der Waals surface area contributed by atoms with E-state index in [1.165, 1.54) is 12.1 Å². The molecule has 1 amide bonds. The molecule has 0 fully saturated rings. The summed E-state index contributed by atoms with van der Waals surface area (Å²) in [4.78, 5) is 12.8. The summed E-state index contributed by atoms with van der Waals surface area (Å²) in [5.41, 5.74) is 3.47. The number of carbonyl (C=O) groups is 1. The Morgan fingerprint density at radius 1 is 0.909 bits per heavy atom. The Hall–Kier alpha value is -3.03. The highest BCUT2D eigenvalue weighted by atomic mass is 35.5. The van der Waals surface area contributed by atoms with Crippen molar-refractivity contribution in [2.45, 2.75) is 25.7 Å². The van der Waals surface area contributed by atoms with Crippen LogP contribution in [0.15, 0.2) is 71.6 Å². The molecule has 174 valence electrons. The van der Waals surface area contributed by atoms with Crippen LogP contribution in [0.5, 0.6) is 5.75 Å². The van der Waals surface area contributed by atoms with E-state index >= 15 is 0 Å². The smallest absolute Gasteiger partial charge is 0.264 e. The summed E-state index contributed by atoms with van der Waals surface area (Å²) in [5.74, 6) is 0.288. The molecule has 0 saturated heterocycles. The van der Waals surface area contributed by atoms with Gasteiger partial charge in [-0.15, -0.1) is 0 Å². The minimum absolute atomic E-state index is 0.106. The Labute approximate surface area is 200 Å². The number of carbonyl (C=O) groups excluding carboxylic acids is 1. The topological polar surface area (TPSA) is 75.7 Å². The number of sulfonamides is 1. The first-order valence-corrected chi connectivity index (χ1v) is 12.3. The molecule has 33 heavy (non-hydrogen) atoms. The van der Waals surface area contributed by atoms with Crippen LogP contribution >= 0.6 is 11.6 Å². The summed E-state index contributed by atoms with van der Waals surface area (Å²) in [5, 5.41) is 3.20. The summed E-state index contributed by atoms with van der Waals surface area (Å²) in [6.07, 6.45) is 0. The second kappa shape index (κ2) is 10.7. The number of nitrogens with zero attached hydrogens (tertiary/aromatic N) is 1. The molecular formula is C25H27ClN2O4S. The molecule has 1 N–H and O–H groups in total. The van der Waals surface area contributed by atoms with Crippen molar-refractivity contribution in [1.29, 1.82) is 0 Å². The molecule has 0 aromatic heterocycles. The molecule has 0 aliphatic carbocycles. The quantitative estimate of drug-likeness (QED) is 0.446. The maximum atomic E-state index is 13.3. The number of hydrogen-bond acceptors (Lipinski definition) is 4. The Morgan fingerprint density at radius 3 is 2.12 bits per heavy atom. The third-order valence-electron chi connectivity index (χ3n) is 4.90. The average molecular weight is 487 g/mol. The van der Waals surface area contributed by atoms with Crippen LogP contribution in [0.1, 0.15) is 16.7 Å². The van der Waals surface area contributed by atoms with Crippen LogP contribution in [0, 0.1) is 20.8 Å². The van der Waals surface area contributed by atoms with Gasteiger partial charge in [0, 0.05) is 5.02 Å². The van der Waals surface area contributed by atoms with E-state index in [4.69, 9.17) is 16.3 Å². The van der Waals surface area contributed by atoms with Gasteiger partial charge in [0.2, 0.25) is 5.91 Å². The average Bonchev–Trinajstić information content (AvgIpc) is 2.75. The molecule has 0 unspecified atom stereocenters. The largest absolute Gasteiger partial charge is 0.492 e. The van der Waals surface area contributed by atoms with E-state index < -0.39 is 15.9 Å². The van der Waals surface area contributed by atoms with Gasteiger partial charge in [-0.1, -0.05) is 35.4 Å². The number of nitrogens with one attached hydrogen (secondary N) is 1. The van der Waals surface area contributed by atoms with Gasteiger partial charge in [0.15, 0.2) is 0 Å². The molecule has 0 saturated carbocycles. The lowest BCUT2D eigenvalue weighted by atomic mass is 10.1. The van der Waals surface area contributed by atoms with Crippen molar-refractivity contribution < 1.29 is 17.9 Å². The van der Waals surface area contributed by atoms with E-state index in [1.807, 2.05) is 32.9 Å². The molecule has 0 aliphatic heterocycles. The Morgan fingerprint density at radius 2 is 1.52 bits per heavy atom. The van der Waals surface area contributed by atoms with Crippen molar-refractivity contribution in [3.05, 3.63) is 88.4 Å². The molecule has 6 nitrogen and oxygen atoms in total. The molecule has 0 heterocycles. The summed E-state index contributed by atoms with van der Waals surface area (Å²) in [7, 11) is -3.96. The van der Waals surface area contributed by atoms with E-state index in [0.717, 1.165) is 26.7 Å². The van der Waals surface area contributed by atoms with Crippen LogP contribution in [0.2, 0.25) is 5.02 Å². The number of benzene rings is 3. The van der Waals surface area contributed by atoms with Crippen molar-refractivity contribution >= 4 is 33.2 Å². The van der Waals surface area contributed by atoms with Gasteiger partial charge in [-0.2, -0.15) is 0 Å². The third kappa shape index (κ3) is 6.73. The van der Waals surface area contributed by atoms with Gasteiger partial charge in [0.1, 0.15) is 18.9 Å². The highest BCUT2D eigenvalue weighted by molar-refractivity contribution is 7.92. The van der Waals surface area contributed by atoms with Crippen LogP contribution < -0.4 is 14.4 Å². The SMILES string of the molecule is Cc1ccc(S(=O)(=O)N(CC(=O)NCCOc2cc(C)cc(C)c2)c2ccc(Cl)cc2)cc1. The van der Waals surface area contributed by atoms with Gasteiger partial charge >= 0.3 is 0 Å². The van der Waals surface area contributed by atoms with Crippen LogP contribution in [0.4, 0.5) is 5.69 Å². The van der Waals surface area contributed by atoms with E-state index in [1.54, 1.807) is 36.4 Å². The van der Waals surface area contributed by atoms with Gasteiger partial charge in [0.05, 0.1) is 17.1 Å². The Kier molecular flexibility index (Phi) is 8.00. The number of ether oxygens (including phenoxy) is 1. The summed E-state index contributed by atoms with van der Waals surface area (Å²) >= 11 is 5.96. The zero-order chi connectivity index (χ0) is 24.0. The van der Waals surface area contributed by atoms with Crippen LogP contribution in [-0.2, 0) is 14.8 Å². The van der Waals surface area contributed by atoms with Crippen molar-refractivity contribution in [3.8, 4) is 5.75 Å². The van der Waals surface area contributed by atoms with Crippen LogP contribution in [0.3, 0.4) is 0 Å². The van der Waals surface area contributed by atoms with E-state index in [-0.39, 0.29) is 24.6 Å². The van der Waals surface area contributed by atoms with E-state index in [0.29, 0.717) is 10.7 Å². The molecule has 0 bridgehead atoms. The number of rotatable bonds is 9. The predicted octanol–water partition coefficient (Wildman–Crippen LogP) is 4.66. The lowest BCUT2D eigenvalue weighted by molar-refractivity contribution is -0.119. The fraction of sp³-hybridized carbons (Fsp3) is 0.240. The first-order chi connectivity index (χ1) is 15.6. The number of amides is 1. The van der Waals surface area contributed by atoms with Gasteiger partial charge in [0.25, 0.3) is 10.0 Å². The molecule has 3 aromatic rings. The van der Waals surface area contributed by atoms with Crippen molar-refractivity contribution in [2.24, 2.45) is 0 Å². The van der Waals surface area contributed by atoms with Crippen molar-refractivity contribution in [3.63, 3.8) is 0 Å². The minimum Gasteiger partial charge on any atom is -0.492 e. The molecule has 3 aromatic carbocycles. The molecule has 8 heteroatoms. The summed E-state index contributed by atoms with van der Waals surface area (Å²) in [6, 6.07) is 18.7. The third-order valence-corrected chi connectivity index (χ3v) is 6.94. The molecule has 0 atom stereocenters. The Bertz CT molecular complexity index is 1190. The van der Waals surface area contributed by atoms with Crippen LogP contribution in [-0.4, -0.2) is 34.0 Å². The van der Waals surface area contributed by atoms with E-state index in [2.05, 4.69) is 11.4 Å². The van der Waals surface area contributed by atoms with Gasteiger partial charge in [-0.3, -0.25) is 9.10 Å². The second-order valence-corrected chi connectivity index (χ2v) is 10.1. The maximum absolute atomic E-state index is 13.3. The zero-order valence-electron chi connectivity index (χ0n) is 18.8. The standard InChI is InChI=1S/C25H27ClN2O4S/c1-18-4-10-24(11-5-18)33(30,31)28(22-8-6-21(26)7-9-22)17-25(29)27-12-13-32-23-15-19(2)14-20(3)16-23/h4-11,14-16H,12-13,17H2,1-3H3,(H,27,29). The summed E-state index contributed by atoms with van der Waals surface area (Å²) < 4.78 is 33.4. The fourth-order valence-corrected chi connectivity index (χ4v) is 4.87. The number of hydrogen-bond donors (Lipinski definition) is 1. The molecule has 3 rings (SSSR count). The lowest BCUT2D eigenvalue weighted by Gasteiger charge is -2.24. The van der Waals surface area contributed by atoms with Crippen molar-refractivity contribution in [2.75, 3.05) is 24.0 Å². The Balaban J connectivity index is 1.69. The van der Waals surface area contributed by atoms with Gasteiger partial charge in [-0.25, -0.2) is 8.42 Å². The molecule has 0 aliphatic rings. The maximum Gasteiger partial charge on any atom is 0.264 e. The number of anilines is 1. The molecule has 0 spiro atoms. The van der Waals surface area contributed by atoms with Crippen LogP contribution in [0.25, 0.3) is 0 Å². The molecule has 0 radical (unpaired) electrons. The van der Waals surface area contributed by atoms with Gasteiger partial charge < -0.3 is 10.1 Å². The zero-order valence-corrected chi connectivity index (χ0v) is 20.4. The number of halogens is 1. The predicted molar refractivity (Wildman–Crippen MR) is 132 cm³/mol. The first kappa shape index (κ1) is 24.6. The fourth-order valence-electron chi connectivity index (χ4n) is 3.32. The lowest BCUT2D eigenvalue weighted by Crippen LogP contribution is -2.41. The highest BCUT2D eigenvalue weighted by Crippen LogP contribution is 2.25. The van der Waals surface area contributed by atoms with E-state index in [9.17, 15) is 13.2 Å². The molecular weight excluding hydrogens is 460 g/mol. The monoisotopic (exact) mass is 486 g/mol.